The highest BCUT2D eigenvalue weighted by molar-refractivity contribution is 6.06. The molecule has 0 aliphatic heterocycles. The Morgan fingerprint density at radius 3 is 2.84 bits per heavy atom. The molecular formula is C19H19FN2O3. The highest BCUT2D eigenvalue weighted by atomic mass is 19.1. The minimum atomic E-state index is -0.617. The van der Waals surface area contributed by atoms with Crippen LogP contribution in [0.15, 0.2) is 53.4 Å². The number of halogens is 1. The molecule has 1 amide bonds. The quantitative estimate of drug-likeness (QED) is 0.745. The minimum Gasteiger partial charge on any atom is -0.461 e. The van der Waals surface area contributed by atoms with Crippen molar-refractivity contribution in [3.05, 3.63) is 65.9 Å². The summed E-state index contributed by atoms with van der Waals surface area (Å²) in [5, 5.41) is 13.1. The summed E-state index contributed by atoms with van der Waals surface area (Å²) in [6.45, 7) is 3.57. The predicted octanol–water partition coefficient (Wildman–Crippen LogP) is 3.46. The number of carbonyl (C=O) groups excluding carboxylic acids is 1. The van der Waals surface area contributed by atoms with Crippen LogP contribution in [0.1, 0.15) is 35.8 Å². The van der Waals surface area contributed by atoms with Crippen LogP contribution < -0.4 is 5.32 Å². The van der Waals surface area contributed by atoms with E-state index >= 15 is 0 Å². The summed E-state index contributed by atoms with van der Waals surface area (Å²) in [5.41, 5.74) is 0.522. The van der Waals surface area contributed by atoms with Crippen LogP contribution in [0.2, 0.25) is 0 Å². The Hall–Kier alpha value is -2.73. The van der Waals surface area contributed by atoms with E-state index in [2.05, 4.69) is 10.3 Å². The summed E-state index contributed by atoms with van der Waals surface area (Å²) in [5.74, 6) is -0.891. The Bertz CT molecular complexity index is 890. The van der Waals surface area contributed by atoms with Crippen molar-refractivity contribution < 1.29 is 18.7 Å². The van der Waals surface area contributed by atoms with Crippen LogP contribution in [-0.2, 0) is 0 Å². The molecule has 1 aromatic carbocycles. The van der Waals surface area contributed by atoms with Crippen LogP contribution >= 0.6 is 0 Å². The van der Waals surface area contributed by atoms with Gasteiger partial charge in [-0.1, -0.05) is 19.9 Å². The van der Waals surface area contributed by atoms with Gasteiger partial charge < -0.3 is 14.8 Å². The van der Waals surface area contributed by atoms with Gasteiger partial charge in [-0.25, -0.2) is 4.39 Å². The molecule has 0 spiro atoms. The zero-order valence-corrected chi connectivity index (χ0v) is 14.0. The van der Waals surface area contributed by atoms with Crippen molar-refractivity contribution in [1.29, 1.82) is 0 Å². The first-order valence-electron chi connectivity index (χ1n) is 7.91. The largest absolute Gasteiger partial charge is 0.461 e. The maximum Gasteiger partial charge on any atom is 0.252 e. The molecule has 2 heterocycles. The molecule has 1 unspecified atom stereocenters. The second kappa shape index (κ2) is 6.64. The number of aromatic nitrogens is 1. The number of aliphatic hydroxyl groups excluding tert-OH is 1. The number of benzene rings is 1. The van der Waals surface area contributed by atoms with Gasteiger partial charge >= 0.3 is 0 Å². The Morgan fingerprint density at radius 1 is 1.36 bits per heavy atom. The standard InChI is InChI=1S/C19H19FN2O3/c1-19(2,11-23)17(12-4-3-8-21-10-12)22-18(24)14-5-6-15(20)16-13(14)7-9-25-16/h3-10,17,23H,11H2,1-2H3,(H,22,24). The van der Waals surface area contributed by atoms with E-state index < -0.39 is 17.3 Å². The molecule has 5 nitrogen and oxygen atoms in total. The highest BCUT2D eigenvalue weighted by Gasteiger charge is 2.32. The van der Waals surface area contributed by atoms with Crippen molar-refractivity contribution in [2.24, 2.45) is 5.41 Å². The SMILES string of the molecule is CC(C)(CO)C(NC(=O)c1ccc(F)c2occc12)c1cccnc1. The number of amides is 1. The fraction of sp³-hybridized carbons (Fsp3) is 0.263. The molecule has 0 bridgehead atoms. The van der Waals surface area contributed by atoms with Crippen LogP contribution in [0.3, 0.4) is 0 Å². The average molecular weight is 342 g/mol. The molecule has 0 radical (unpaired) electrons. The first-order valence-corrected chi connectivity index (χ1v) is 7.91. The van der Waals surface area contributed by atoms with Gasteiger partial charge in [-0.2, -0.15) is 0 Å². The van der Waals surface area contributed by atoms with Crippen LogP contribution in [0.4, 0.5) is 4.39 Å². The van der Waals surface area contributed by atoms with E-state index in [4.69, 9.17) is 4.42 Å². The summed E-state index contributed by atoms with van der Waals surface area (Å²) in [7, 11) is 0. The number of nitrogens with one attached hydrogen (secondary N) is 1. The molecule has 3 rings (SSSR count). The summed E-state index contributed by atoms with van der Waals surface area (Å²) in [6, 6.07) is 7.34. The van der Waals surface area contributed by atoms with E-state index in [1.807, 2.05) is 19.9 Å². The number of aliphatic hydroxyl groups is 1. The lowest BCUT2D eigenvalue weighted by molar-refractivity contribution is 0.0809. The first kappa shape index (κ1) is 17.1. The van der Waals surface area contributed by atoms with E-state index in [-0.39, 0.29) is 18.1 Å². The Kier molecular flexibility index (Phi) is 4.55. The van der Waals surface area contributed by atoms with Crippen molar-refractivity contribution in [2.75, 3.05) is 6.61 Å². The van der Waals surface area contributed by atoms with E-state index in [9.17, 15) is 14.3 Å². The molecule has 3 aromatic rings. The number of furan rings is 1. The minimum absolute atomic E-state index is 0.0481. The van der Waals surface area contributed by atoms with Crippen LogP contribution in [-0.4, -0.2) is 22.6 Å². The van der Waals surface area contributed by atoms with Gasteiger partial charge in [-0.3, -0.25) is 9.78 Å². The topological polar surface area (TPSA) is 75.4 Å². The zero-order valence-electron chi connectivity index (χ0n) is 14.0. The number of carbonyl (C=O) groups is 1. The van der Waals surface area contributed by atoms with Gasteiger partial charge in [0.1, 0.15) is 0 Å². The van der Waals surface area contributed by atoms with E-state index in [1.165, 1.54) is 18.4 Å². The average Bonchev–Trinajstić information content (AvgIpc) is 3.11. The van der Waals surface area contributed by atoms with Crippen LogP contribution in [0, 0.1) is 11.2 Å². The highest BCUT2D eigenvalue weighted by Crippen LogP contribution is 2.33. The van der Waals surface area contributed by atoms with Gasteiger partial charge in [0.15, 0.2) is 11.4 Å². The number of hydrogen-bond donors (Lipinski definition) is 2. The molecule has 2 N–H and O–H groups in total. The molecule has 2 aromatic heterocycles. The Balaban J connectivity index is 1.98. The molecule has 130 valence electrons. The van der Waals surface area contributed by atoms with Gasteiger partial charge in [0, 0.05) is 23.2 Å². The van der Waals surface area contributed by atoms with Gasteiger partial charge in [0.2, 0.25) is 0 Å². The third kappa shape index (κ3) is 3.25. The molecule has 0 aliphatic rings. The molecule has 0 saturated heterocycles. The van der Waals surface area contributed by atoms with Gasteiger partial charge in [0.25, 0.3) is 5.91 Å². The lowest BCUT2D eigenvalue weighted by Crippen LogP contribution is -2.40. The zero-order chi connectivity index (χ0) is 18.0. The van der Waals surface area contributed by atoms with Crippen molar-refractivity contribution in [2.45, 2.75) is 19.9 Å². The summed E-state index contributed by atoms with van der Waals surface area (Å²) in [4.78, 5) is 16.9. The third-order valence-corrected chi connectivity index (χ3v) is 4.30. The van der Waals surface area contributed by atoms with Gasteiger partial charge in [0.05, 0.1) is 24.5 Å². The lowest BCUT2D eigenvalue weighted by atomic mass is 9.81. The second-order valence-electron chi connectivity index (χ2n) is 6.60. The maximum atomic E-state index is 13.8. The number of rotatable bonds is 5. The van der Waals surface area contributed by atoms with Gasteiger partial charge in [-0.05, 0) is 29.8 Å². The predicted molar refractivity (Wildman–Crippen MR) is 91.5 cm³/mol. The summed E-state index contributed by atoms with van der Waals surface area (Å²) < 4.78 is 18.9. The second-order valence-corrected chi connectivity index (χ2v) is 6.60. The number of fused-ring (bicyclic) bond motifs is 1. The van der Waals surface area contributed by atoms with Crippen molar-refractivity contribution in [3.8, 4) is 0 Å². The summed E-state index contributed by atoms with van der Waals surface area (Å²) >= 11 is 0. The summed E-state index contributed by atoms with van der Waals surface area (Å²) in [6.07, 6.45) is 4.64. The first-order chi connectivity index (χ1) is 11.9. The van der Waals surface area contributed by atoms with Crippen LogP contribution in [0.5, 0.6) is 0 Å². The van der Waals surface area contributed by atoms with Crippen molar-refractivity contribution >= 4 is 16.9 Å². The fourth-order valence-electron chi connectivity index (χ4n) is 2.80. The number of pyridine rings is 1. The van der Waals surface area contributed by atoms with Gasteiger partial charge in [-0.15, -0.1) is 0 Å². The third-order valence-electron chi connectivity index (χ3n) is 4.30. The fourth-order valence-corrected chi connectivity index (χ4v) is 2.80. The monoisotopic (exact) mass is 342 g/mol. The number of hydrogen-bond acceptors (Lipinski definition) is 4. The Labute approximate surface area is 144 Å². The number of nitrogens with zero attached hydrogens (tertiary/aromatic N) is 1. The smallest absolute Gasteiger partial charge is 0.252 e. The normalized spacial score (nSPS) is 13.0. The Morgan fingerprint density at radius 2 is 2.16 bits per heavy atom. The lowest BCUT2D eigenvalue weighted by Gasteiger charge is -2.33. The molecule has 0 aliphatic carbocycles. The molecule has 6 heteroatoms. The van der Waals surface area contributed by atoms with E-state index in [0.717, 1.165) is 5.56 Å². The maximum absolute atomic E-state index is 13.8. The van der Waals surface area contributed by atoms with Crippen molar-refractivity contribution in [1.82, 2.24) is 10.3 Å². The van der Waals surface area contributed by atoms with Crippen LogP contribution in [0.25, 0.3) is 11.0 Å². The molecule has 25 heavy (non-hydrogen) atoms. The van der Waals surface area contributed by atoms with E-state index in [1.54, 1.807) is 24.5 Å². The molecule has 1 atom stereocenters. The van der Waals surface area contributed by atoms with E-state index in [0.29, 0.717) is 10.9 Å². The molecular weight excluding hydrogens is 323 g/mol. The van der Waals surface area contributed by atoms with Crippen molar-refractivity contribution in [3.63, 3.8) is 0 Å². The molecule has 0 fully saturated rings. The molecule has 0 saturated carbocycles.